The molecule has 0 aliphatic heterocycles. The first-order valence-corrected chi connectivity index (χ1v) is 8.76. The number of benzene rings is 2. The average molecular weight is 400 g/mol. The van der Waals surface area contributed by atoms with Gasteiger partial charge in [0.1, 0.15) is 11.5 Å². The van der Waals surface area contributed by atoms with Gasteiger partial charge in [0.25, 0.3) is 15.9 Å². The zero-order chi connectivity index (χ0) is 16.9. The van der Waals surface area contributed by atoms with Gasteiger partial charge in [-0.2, -0.15) is 0 Å². The molecule has 23 heavy (non-hydrogen) atoms. The lowest BCUT2D eigenvalue weighted by molar-refractivity contribution is -0.121. The number of carbonyl (C=O) groups is 1. The minimum atomic E-state index is -3.91. The first kappa shape index (κ1) is 17.3. The van der Waals surface area contributed by atoms with Gasteiger partial charge in [0.15, 0.2) is 6.61 Å². The Bertz CT molecular complexity index is 773. The van der Waals surface area contributed by atoms with Crippen LogP contribution in [0.5, 0.6) is 11.5 Å². The van der Waals surface area contributed by atoms with Gasteiger partial charge in [0.2, 0.25) is 0 Å². The van der Waals surface area contributed by atoms with E-state index in [2.05, 4.69) is 15.9 Å². The van der Waals surface area contributed by atoms with Crippen LogP contribution in [-0.4, -0.2) is 28.0 Å². The molecule has 2 aromatic rings. The van der Waals surface area contributed by atoms with Crippen molar-refractivity contribution in [2.24, 2.45) is 0 Å². The first-order valence-electron chi connectivity index (χ1n) is 6.49. The van der Waals surface area contributed by atoms with Crippen LogP contribution in [0.25, 0.3) is 0 Å². The van der Waals surface area contributed by atoms with E-state index in [1.165, 1.54) is 19.2 Å². The number of carbonyl (C=O) groups excluding carboxylic acids is 1. The lowest BCUT2D eigenvalue weighted by Crippen LogP contribution is -2.34. The summed E-state index contributed by atoms with van der Waals surface area (Å²) in [6, 6.07) is 12.5. The molecule has 0 heterocycles. The molecular weight excluding hydrogens is 386 g/mol. The van der Waals surface area contributed by atoms with Crippen LogP contribution in [0, 0.1) is 0 Å². The molecular formula is C15H14BrNO5S. The maximum Gasteiger partial charge on any atom is 0.271 e. The second-order valence-corrected chi connectivity index (χ2v) is 7.04. The number of amides is 1. The second kappa shape index (κ2) is 7.47. The highest BCUT2D eigenvalue weighted by Gasteiger charge is 2.17. The molecule has 0 radical (unpaired) electrons. The fourth-order valence-corrected chi connectivity index (χ4v) is 2.91. The molecule has 1 N–H and O–H groups in total. The van der Waals surface area contributed by atoms with E-state index in [4.69, 9.17) is 9.47 Å². The highest BCUT2D eigenvalue weighted by atomic mass is 79.9. The largest absolute Gasteiger partial charge is 0.497 e. The van der Waals surface area contributed by atoms with E-state index in [0.717, 1.165) is 4.47 Å². The van der Waals surface area contributed by atoms with Crippen molar-refractivity contribution in [1.29, 1.82) is 0 Å². The van der Waals surface area contributed by atoms with Crippen molar-refractivity contribution in [1.82, 2.24) is 4.72 Å². The third-order valence-corrected chi connectivity index (χ3v) is 4.72. The minimum absolute atomic E-state index is 0.00139. The summed E-state index contributed by atoms with van der Waals surface area (Å²) in [5.74, 6) is 0.324. The Morgan fingerprint density at radius 1 is 1.04 bits per heavy atom. The van der Waals surface area contributed by atoms with E-state index in [0.29, 0.717) is 11.5 Å². The SMILES string of the molecule is COc1ccc(OCC(=O)NS(=O)(=O)c2ccc(Br)cc2)cc1. The number of nitrogens with one attached hydrogen (secondary N) is 1. The zero-order valence-electron chi connectivity index (χ0n) is 12.2. The van der Waals surface area contributed by atoms with Gasteiger partial charge in [-0.25, -0.2) is 13.1 Å². The predicted molar refractivity (Wildman–Crippen MR) is 88.0 cm³/mol. The highest BCUT2D eigenvalue weighted by molar-refractivity contribution is 9.10. The molecule has 0 aliphatic rings. The number of hydrogen-bond donors (Lipinski definition) is 1. The van der Waals surface area contributed by atoms with Crippen LogP contribution < -0.4 is 14.2 Å². The summed E-state index contributed by atoms with van der Waals surface area (Å²) in [5.41, 5.74) is 0. The number of rotatable bonds is 6. The number of methoxy groups -OCH3 is 1. The monoisotopic (exact) mass is 399 g/mol. The van der Waals surface area contributed by atoms with Gasteiger partial charge in [-0.15, -0.1) is 0 Å². The number of ether oxygens (including phenoxy) is 2. The van der Waals surface area contributed by atoms with Gasteiger partial charge in [-0.1, -0.05) is 15.9 Å². The molecule has 0 aliphatic carbocycles. The molecule has 2 rings (SSSR count). The van der Waals surface area contributed by atoms with E-state index in [1.54, 1.807) is 36.4 Å². The molecule has 0 saturated heterocycles. The molecule has 0 spiro atoms. The Morgan fingerprint density at radius 2 is 1.61 bits per heavy atom. The predicted octanol–water partition coefficient (Wildman–Crippen LogP) is 2.34. The molecule has 8 heteroatoms. The van der Waals surface area contributed by atoms with Crippen LogP contribution in [-0.2, 0) is 14.8 Å². The van der Waals surface area contributed by atoms with Crippen LogP contribution in [0.15, 0.2) is 57.9 Å². The fraction of sp³-hybridized carbons (Fsp3) is 0.133. The van der Waals surface area contributed by atoms with E-state index < -0.39 is 22.5 Å². The van der Waals surface area contributed by atoms with E-state index >= 15 is 0 Å². The molecule has 0 unspecified atom stereocenters. The van der Waals surface area contributed by atoms with Crippen molar-refractivity contribution in [2.75, 3.05) is 13.7 Å². The van der Waals surface area contributed by atoms with Gasteiger partial charge < -0.3 is 9.47 Å². The molecule has 0 aromatic heterocycles. The minimum Gasteiger partial charge on any atom is -0.497 e. The molecule has 0 atom stereocenters. The smallest absolute Gasteiger partial charge is 0.271 e. The van der Waals surface area contributed by atoms with E-state index in [1.807, 2.05) is 4.72 Å². The standard InChI is InChI=1S/C15H14BrNO5S/c1-21-12-4-6-13(7-5-12)22-10-15(18)17-23(19,20)14-8-2-11(16)3-9-14/h2-9H,10H2,1H3,(H,17,18). The van der Waals surface area contributed by atoms with Crippen LogP contribution in [0.3, 0.4) is 0 Å². The normalized spacial score (nSPS) is 10.9. The van der Waals surface area contributed by atoms with Gasteiger partial charge >= 0.3 is 0 Å². The van der Waals surface area contributed by atoms with Crippen molar-refractivity contribution in [2.45, 2.75) is 4.90 Å². The average Bonchev–Trinajstić information content (AvgIpc) is 2.53. The van der Waals surface area contributed by atoms with E-state index in [-0.39, 0.29) is 4.90 Å². The summed E-state index contributed by atoms with van der Waals surface area (Å²) in [6.45, 7) is -0.415. The lowest BCUT2D eigenvalue weighted by atomic mass is 10.3. The van der Waals surface area contributed by atoms with Crippen molar-refractivity contribution >= 4 is 31.9 Å². The maximum atomic E-state index is 12.0. The van der Waals surface area contributed by atoms with Crippen LogP contribution >= 0.6 is 15.9 Å². The molecule has 6 nitrogen and oxygen atoms in total. The second-order valence-electron chi connectivity index (χ2n) is 4.45. The van der Waals surface area contributed by atoms with Gasteiger partial charge in [-0.05, 0) is 48.5 Å². The Balaban J connectivity index is 1.94. The Kier molecular flexibility index (Phi) is 5.62. The van der Waals surface area contributed by atoms with Gasteiger partial charge in [0, 0.05) is 4.47 Å². The quantitative estimate of drug-likeness (QED) is 0.805. The Labute approximate surface area is 142 Å². The van der Waals surface area contributed by atoms with Crippen molar-refractivity contribution in [3.05, 3.63) is 53.0 Å². The van der Waals surface area contributed by atoms with Crippen LogP contribution in [0.2, 0.25) is 0 Å². The summed E-state index contributed by atoms with van der Waals surface area (Å²) in [6.07, 6.45) is 0. The number of hydrogen-bond acceptors (Lipinski definition) is 5. The summed E-state index contributed by atoms with van der Waals surface area (Å²) < 4.78 is 37.0. The summed E-state index contributed by atoms with van der Waals surface area (Å²) in [7, 11) is -2.37. The lowest BCUT2D eigenvalue weighted by Gasteiger charge is -2.09. The van der Waals surface area contributed by atoms with Gasteiger partial charge in [0.05, 0.1) is 12.0 Å². The Morgan fingerprint density at radius 3 is 2.17 bits per heavy atom. The zero-order valence-corrected chi connectivity index (χ0v) is 14.6. The van der Waals surface area contributed by atoms with Crippen LogP contribution in [0.4, 0.5) is 0 Å². The topological polar surface area (TPSA) is 81.7 Å². The molecule has 0 saturated carbocycles. The van der Waals surface area contributed by atoms with Gasteiger partial charge in [-0.3, -0.25) is 4.79 Å². The summed E-state index contributed by atoms with van der Waals surface area (Å²) in [4.78, 5) is 11.7. The fourth-order valence-electron chi connectivity index (χ4n) is 1.67. The molecule has 0 fully saturated rings. The van der Waals surface area contributed by atoms with Crippen LogP contribution in [0.1, 0.15) is 0 Å². The van der Waals surface area contributed by atoms with Crippen molar-refractivity contribution in [3.63, 3.8) is 0 Å². The summed E-state index contributed by atoms with van der Waals surface area (Å²) >= 11 is 3.21. The maximum absolute atomic E-state index is 12.0. The number of halogens is 1. The molecule has 1 amide bonds. The van der Waals surface area contributed by atoms with Crippen molar-refractivity contribution < 1.29 is 22.7 Å². The third kappa shape index (κ3) is 4.97. The molecule has 0 bridgehead atoms. The van der Waals surface area contributed by atoms with Crippen molar-refractivity contribution in [3.8, 4) is 11.5 Å². The van der Waals surface area contributed by atoms with E-state index in [9.17, 15) is 13.2 Å². The Hall–Kier alpha value is -2.06. The highest BCUT2D eigenvalue weighted by Crippen LogP contribution is 2.17. The summed E-state index contributed by atoms with van der Waals surface area (Å²) in [5, 5.41) is 0. The molecule has 2 aromatic carbocycles. The number of sulfonamides is 1. The first-order chi connectivity index (χ1) is 10.9. The third-order valence-electron chi connectivity index (χ3n) is 2.80. The molecule has 122 valence electrons.